The van der Waals surface area contributed by atoms with Gasteiger partial charge in [0.05, 0.1) is 36.1 Å². The highest BCUT2D eigenvalue weighted by molar-refractivity contribution is 6.32. The first-order valence-corrected chi connectivity index (χ1v) is 9.49. The van der Waals surface area contributed by atoms with Crippen LogP contribution in [0.1, 0.15) is 25.0 Å². The molecule has 2 aromatic rings. The molecule has 0 spiro atoms. The Labute approximate surface area is 174 Å². The van der Waals surface area contributed by atoms with Gasteiger partial charge in [-0.2, -0.15) is 5.26 Å². The highest BCUT2D eigenvalue weighted by Gasteiger charge is 2.23. The fourth-order valence-corrected chi connectivity index (χ4v) is 3.33. The van der Waals surface area contributed by atoms with Crippen LogP contribution in [-0.2, 0) is 11.2 Å². The third-order valence-corrected chi connectivity index (χ3v) is 4.56. The number of benzene rings is 2. The van der Waals surface area contributed by atoms with Crippen LogP contribution < -0.4 is 24.3 Å². The standard InChI is InChI=1S/C21H21ClN2O5/c1-4-27-18-8-14-5-12(2)29-17(14)9-16(18)24-20(25)11-28-21-15(22)6-13(10-23)7-19(21)26-3/h6-9,12H,4-5,11H2,1-3H3,(H,24,25). The Hall–Kier alpha value is -3.11. The van der Waals surface area contributed by atoms with E-state index in [1.54, 1.807) is 6.07 Å². The second kappa shape index (κ2) is 8.93. The lowest BCUT2D eigenvalue weighted by Crippen LogP contribution is -2.21. The first kappa shape index (κ1) is 20.6. The number of nitrogens with zero attached hydrogens (tertiary/aromatic N) is 1. The summed E-state index contributed by atoms with van der Waals surface area (Å²) >= 11 is 6.16. The van der Waals surface area contributed by atoms with Crippen molar-refractivity contribution in [2.75, 3.05) is 25.6 Å². The molecule has 1 N–H and O–H groups in total. The molecule has 152 valence electrons. The van der Waals surface area contributed by atoms with Crippen molar-refractivity contribution in [3.05, 3.63) is 40.4 Å². The van der Waals surface area contributed by atoms with E-state index < -0.39 is 5.91 Å². The summed E-state index contributed by atoms with van der Waals surface area (Å²) in [6.45, 7) is 4.02. The molecule has 0 bridgehead atoms. The number of methoxy groups -OCH3 is 1. The van der Waals surface area contributed by atoms with Gasteiger partial charge in [-0.1, -0.05) is 11.6 Å². The van der Waals surface area contributed by atoms with Gasteiger partial charge >= 0.3 is 0 Å². The summed E-state index contributed by atoms with van der Waals surface area (Å²) < 4.78 is 22.2. The van der Waals surface area contributed by atoms with E-state index in [1.165, 1.54) is 19.2 Å². The molecule has 0 aromatic heterocycles. The van der Waals surface area contributed by atoms with E-state index in [9.17, 15) is 4.79 Å². The second-order valence-electron chi connectivity index (χ2n) is 6.46. The number of carbonyl (C=O) groups excluding carboxylic acids is 1. The van der Waals surface area contributed by atoms with E-state index in [1.807, 2.05) is 26.0 Å². The van der Waals surface area contributed by atoms with Crippen LogP contribution in [0.3, 0.4) is 0 Å². The van der Waals surface area contributed by atoms with Crippen LogP contribution in [0.15, 0.2) is 24.3 Å². The summed E-state index contributed by atoms with van der Waals surface area (Å²) in [5, 5.41) is 12.0. The van der Waals surface area contributed by atoms with Gasteiger partial charge < -0.3 is 24.3 Å². The van der Waals surface area contributed by atoms with Crippen LogP contribution in [-0.4, -0.2) is 32.3 Å². The number of rotatable bonds is 7. The zero-order valence-electron chi connectivity index (χ0n) is 16.4. The Morgan fingerprint density at radius 2 is 2.10 bits per heavy atom. The minimum Gasteiger partial charge on any atom is -0.493 e. The molecule has 0 saturated heterocycles. The molecule has 2 aromatic carbocycles. The summed E-state index contributed by atoms with van der Waals surface area (Å²) in [6.07, 6.45) is 0.878. The topological polar surface area (TPSA) is 89.8 Å². The van der Waals surface area contributed by atoms with Crippen LogP contribution in [0.4, 0.5) is 5.69 Å². The molecule has 0 saturated carbocycles. The van der Waals surface area contributed by atoms with Gasteiger partial charge in [-0.25, -0.2) is 0 Å². The number of anilines is 1. The Balaban J connectivity index is 1.74. The van der Waals surface area contributed by atoms with Crippen LogP contribution in [0.5, 0.6) is 23.0 Å². The Morgan fingerprint density at radius 1 is 1.31 bits per heavy atom. The number of fused-ring (bicyclic) bond motifs is 1. The lowest BCUT2D eigenvalue weighted by molar-refractivity contribution is -0.118. The van der Waals surface area contributed by atoms with Gasteiger partial charge in [-0.3, -0.25) is 4.79 Å². The first-order chi connectivity index (χ1) is 13.9. The van der Waals surface area contributed by atoms with E-state index in [0.717, 1.165) is 17.7 Å². The summed E-state index contributed by atoms with van der Waals surface area (Å²) in [5.74, 6) is 1.37. The average molecular weight is 417 g/mol. The van der Waals surface area contributed by atoms with Gasteiger partial charge in [0.25, 0.3) is 5.91 Å². The molecule has 1 atom stereocenters. The smallest absolute Gasteiger partial charge is 0.262 e. The molecule has 1 aliphatic heterocycles. The maximum absolute atomic E-state index is 12.5. The van der Waals surface area contributed by atoms with E-state index in [4.69, 9.17) is 35.8 Å². The minimum absolute atomic E-state index is 0.0831. The van der Waals surface area contributed by atoms with Crippen molar-refractivity contribution in [2.24, 2.45) is 0 Å². The van der Waals surface area contributed by atoms with Crippen molar-refractivity contribution in [3.8, 4) is 29.1 Å². The fourth-order valence-electron chi connectivity index (χ4n) is 3.06. The fraction of sp³-hybridized carbons (Fsp3) is 0.333. The van der Waals surface area contributed by atoms with Crippen LogP contribution in [0, 0.1) is 11.3 Å². The van der Waals surface area contributed by atoms with Crippen molar-refractivity contribution in [2.45, 2.75) is 26.4 Å². The van der Waals surface area contributed by atoms with Gasteiger partial charge in [0.1, 0.15) is 17.6 Å². The molecule has 1 heterocycles. The minimum atomic E-state index is -0.403. The quantitative estimate of drug-likeness (QED) is 0.734. The third kappa shape index (κ3) is 4.66. The number of ether oxygens (including phenoxy) is 4. The van der Waals surface area contributed by atoms with E-state index in [2.05, 4.69) is 5.32 Å². The Bertz CT molecular complexity index is 971. The number of hydrogen-bond donors (Lipinski definition) is 1. The number of nitrogens with one attached hydrogen (secondary N) is 1. The van der Waals surface area contributed by atoms with Crippen LogP contribution in [0.25, 0.3) is 0 Å². The summed E-state index contributed by atoms with van der Waals surface area (Å²) in [7, 11) is 1.43. The van der Waals surface area contributed by atoms with E-state index in [0.29, 0.717) is 23.6 Å². The molecule has 7 nitrogen and oxygen atoms in total. The highest BCUT2D eigenvalue weighted by atomic mass is 35.5. The summed E-state index contributed by atoms with van der Waals surface area (Å²) in [4.78, 5) is 12.5. The van der Waals surface area contributed by atoms with Gasteiger partial charge in [-0.05, 0) is 26.0 Å². The SMILES string of the molecule is CCOc1cc2c(cc1NC(=O)COc1c(Cl)cc(C#N)cc1OC)OC(C)C2. The molecule has 3 rings (SSSR count). The zero-order chi connectivity index (χ0) is 21.0. The summed E-state index contributed by atoms with van der Waals surface area (Å²) in [6, 6.07) is 8.57. The van der Waals surface area contributed by atoms with Crippen molar-refractivity contribution in [1.29, 1.82) is 5.26 Å². The molecule has 0 radical (unpaired) electrons. The predicted octanol–water partition coefficient (Wildman–Crippen LogP) is 3.96. The lowest BCUT2D eigenvalue weighted by Gasteiger charge is -2.15. The van der Waals surface area contributed by atoms with Crippen molar-refractivity contribution < 1.29 is 23.7 Å². The van der Waals surface area contributed by atoms with Crippen LogP contribution in [0.2, 0.25) is 5.02 Å². The molecule has 0 fully saturated rings. The molecular weight excluding hydrogens is 396 g/mol. The predicted molar refractivity (Wildman–Crippen MR) is 108 cm³/mol. The Kier molecular flexibility index (Phi) is 6.35. The van der Waals surface area contributed by atoms with Gasteiger partial charge in [0.15, 0.2) is 18.1 Å². The largest absolute Gasteiger partial charge is 0.493 e. The molecule has 0 aliphatic carbocycles. The maximum Gasteiger partial charge on any atom is 0.262 e. The number of carbonyl (C=O) groups is 1. The third-order valence-electron chi connectivity index (χ3n) is 4.28. The molecule has 1 aliphatic rings. The normalized spacial score (nSPS) is 14.4. The monoisotopic (exact) mass is 416 g/mol. The first-order valence-electron chi connectivity index (χ1n) is 9.11. The van der Waals surface area contributed by atoms with Gasteiger partial charge in [-0.15, -0.1) is 0 Å². The highest BCUT2D eigenvalue weighted by Crippen LogP contribution is 2.38. The van der Waals surface area contributed by atoms with Gasteiger partial charge in [0.2, 0.25) is 0 Å². The summed E-state index contributed by atoms with van der Waals surface area (Å²) in [5.41, 5.74) is 1.88. The van der Waals surface area contributed by atoms with Crippen molar-refractivity contribution in [1.82, 2.24) is 0 Å². The second-order valence-corrected chi connectivity index (χ2v) is 6.87. The number of nitriles is 1. The molecule has 1 amide bonds. The lowest BCUT2D eigenvalue weighted by atomic mass is 10.1. The zero-order valence-corrected chi connectivity index (χ0v) is 17.1. The number of amides is 1. The Morgan fingerprint density at radius 3 is 2.79 bits per heavy atom. The van der Waals surface area contributed by atoms with E-state index >= 15 is 0 Å². The molecule has 8 heteroatoms. The van der Waals surface area contributed by atoms with Gasteiger partial charge in [0, 0.05) is 24.1 Å². The number of halogens is 1. The number of hydrogen-bond acceptors (Lipinski definition) is 6. The van der Waals surface area contributed by atoms with Crippen molar-refractivity contribution in [3.63, 3.8) is 0 Å². The van der Waals surface area contributed by atoms with Crippen molar-refractivity contribution >= 4 is 23.2 Å². The average Bonchev–Trinajstić information content (AvgIpc) is 3.05. The molecule has 1 unspecified atom stereocenters. The van der Waals surface area contributed by atoms with E-state index in [-0.39, 0.29) is 29.2 Å². The van der Waals surface area contributed by atoms with Crippen LogP contribution >= 0.6 is 11.6 Å². The molecule has 29 heavy (non-hydrogen) atoms. The molecular formula is C21H21ClN2O5. The maximum atomic E-state index is 12.5.